The first-order valence-electron chi connectivity index (χ1n) is 9.43. The standard InChI is InChI=1S/C19H25N5O2/c1-2-13-7-3-4-8-14(13)21-17(25)11-23-15-9-5-6-10-16(15)24-12-20-22-18(24)19(23)26/h3-4,7-8,12,15-16,18,22H,2,5-6,9-11H2,1H3,(H,21,25). The van der Waals surface area contributed by atoms with Gasteiger partial charge in [0.15, 0.2) is 6.17 Å². The molecule has 2 fully saturated rings. The summed E-state index contributed by atoms with van der Waals surface area (Å²) in [6, 6.07) is 8.11. The SMILES string of the molecule is CCc1ccccc1NC(=O)CN1C(=O)C2NN=CN2C2CCCCC21. The Labute approximate surface area is 153 Å². The van der Waals surface area contributed by atoms with E-state index in [1.54, 1.807) is 11.2 Å². The van der Waals surface area contributed by atoms with Crippen molar-refractivity contribution in [2.75, 3.05) is 11.9 Å². The van der Waals surface area contributed by atoms with Gasteiger partial charge in [0.05, 0.1) is 12.1 Å². The summed E-state index contributed by atoms with van der Waals surface area (Å²) in [4.78, 5) is 29.4. The maximum Gasteiger partial charge on any atom is 0.268 e. The fourth-order valence-corrected chi connectivity index (χ4v) is 4.38. The van der Waals surface area contributed by atoms with Crippen molar-refractivity contribution in [1.82, 2.24) is 15.2 Å². The van der Waals surface area contributed by atoms with Crippen molar-refractivity contribution in [3.63, 3.8) is 0 Å². The van der Waals surface area contributed by atoms with E-state index in [-0.39, 0.29) is 30.4 Å². The number of carbonyl (C=O) groups is 2. The van der Waals surface area contributed by atoms with Crippen LogP contribution < -0.4 is 10.7 Å². The molecule has 0 aromatic heterocycles. The lowest BCUT2D eigenvalue weighted by molar-refractivity contribution is -0.151. The number of benzene rings is 1. The second kappa shape index (κ2) is 6.97. The van der Waals surface area contributed by atoms with Gasteiger partial charge in [0.1, 0.15) is 12.9 Å². The largest absolute Gasteiger partial charge is 0.327 e. The summed E-state index contributed by atoms with van der Waals surface area (Å²) >= 11 is 0. The minimum absolute atomic E-state index is 0.0652. The number of nitrogens with one attached hydrogen (secondary N) is 2. The molecule has 1 saturated carbocycles. The van der Waals surface area contributed by atoms with Crippen LogP contribution in [-0.4, -0.2) is 52.7 Å². The summed E-state index contributed by atoms with van der Waals surface area (Å²) in [5.41, 5.74) is 4.81. The van der Waals surface area contributed by atoms with Crippen molar-refractivity contribution in [3.8, 4) is 0 Å². The van der Waals surface area contributed by atoms with Crippen molar-refractivity contribution >= 4 is 23.8 Å². The predicted molar refractivity (Wildman–Crippen MR) is 99.5 cm³/mol. The number of amides is 2. The molecule has 138 valence electrons. The number of fused-ring (bicyclic) bond motifs is 3. The van der Waals surface area contributed by atoms with Crippen molar-refractivity contribution < 1.29 is 9.59 Å². The van der Waals surface area contributed by atoms with E-state index in [9.17, 15) is 9.59 Å². The van der Waals surface area contributed by atoms with Gasteiger partial charge in [0.25, 0.3) is 5.91 Å². The van der Waals surface area contributed by atoms with Crippen LogP contribution in [0.5, 0.6) is 0 Å². The number of anilines is 1. The third-order valence-corrected chi connectivity index (χ3v) is 5.67. The van der Waals surface area contributed by atoms with Gasteiger partial charge in [-0.15, -0.1) is 0 Å². The molecule has 1 aliphatic carbocycles. The molecule has 2 amide bonds. The summed E-state index contributed by atoms with van der Waals surface area (Å²) in [6.45, 7) is 2.15. The Bertz CT molecular complexity index is 734. The maximum absolute atomic E-state index is 12.9. The van der Waals surface area contributed by atoms with Crippen molar-refractivity contribution in [1.29, 1.82) is 0 Å². The lowest BCUT2D eigenvalue weighted by Crippen LogP contribution is -2.68. The van der Waals surface area contributed by atoms with Gasteiger partial charge in [-0.3, -0.25) is 15.0 Å². The Morgan fingerprint density at radius 1 is 1.27 bits per heavy atom. The quantitative estimate of drug-likeness (QED) is 0.858. The molecule has 1 aromatic carbocycles. The molecule has 1 saturated heterocycles. The summed E-state index contributed by atoms with van der Waals surface area (Å²) < 4.78 is 0. The molecule has 7 nitrogen and oxygen atoms in total. The molecule has 4 rings (SSSR count). The van der Waals surface area contributed by atoms with E-state index >= 15 is 0 Å². The first-order chi connectivity index (χ1) is 12.7. The average molecular weight is 355 g/mol. The second-order valence-corrected chi connectivity index (χ2v) is 7.17. The Morgan fingerprint density at radius 2 is 2.04 bits per heavy atom. The number of hydrogen-bond acceptors (Lipinski definition) is 5. The van der Waals surface area contributed by atoms with Crippen LogP contribution in [0, 0.1) is 0 Å². The van der Waals surface area contributed by atoms with Crippen LogP contribution in [0.25, 0.3) is 0 Å². The Balaban J connectivity index is 1.50. The van der Waals surface area contributed by atoms with Crippen LogP contribution >= 0.6 is 0 Å². The first kappa shape index (κ1) is 16.9. The third kappa shape index (κ3) is 2.91. The normalized spacial score (nSPS) is 27.0. The minimum Gasteiger partial charge on any atom is -0.327 e. The number of hydrazone groups is 1. The number of carbonyl (C=O) groups excluding carboxylic acids is 2. The van der Waals surface area contributed by atoms with Crippen LogP contribution in [0.15, 0.2) is 29.4 Å². The number of hydrogen-bond donors (Lipinski definition) is 2. The average Bonchev–Trinajstić information content (AvgIpc) is 3.16. The smallest absolute Gasteiger partial charge is 0.268 e. The predicted octanol–water partition coefficient (Wildman–Crippen LogP) is 1.52. The first-order valence-corrected chi connectivity index (χ1v) is 9.43. The van der Waals surface area contributed by atoms with E-state index in [1.807, 2.05) is 29.2 Å². The zero-order valence-electron chi connectivity index (χ0n) is 15.0. The Kier molecular flexibility index (Phi) is 4.53. The Hall–Kier alpha value is -2.57. The molecule has 26 heavy (non-hydrogen) atoms. The van der Waals surface area contributed by atoms with E-state index in [2.05, 4.69) is 22.8 Å². The molecular formula is C19H25N5O2. The van der Waals surface area contributed by atoms with Crippen molar-refractivity contribution in [2.24, 2.45) is 5.10 Å². The number of para-hydroxylation sites is 1. The van der Waals surface area contributed by atoms with Gasteiger partial charge in [-0.25, -0.2) is 0 Å². The van der Waals surface area contributed by atoms with Gasteiger partial charge < -0.3 is 15.1 Å². The highest BCUT2D eigenvalue weighted by molar-refractivity contribution is 5.96. The van der Waals surface area contributed by atoms with Crippen LogP contribution in [0.1, 0.15) is 38.2 Å². The summed E-state index contributed by atoms with van der Waals surface area (Å²) in [5.74, 6) is -0.208. The molecule has 2 heterocycles. The third-order valence-electron chi connectivity index (χ3n) is 5.67. The number of rotatable bonds is 4. The molecule has 1 aromatic rings. The molecular weight excluding hydrogens is 330 g/mol. The molecule has 3 unspecified atom stereocenters. The van der Waals surface area contributed by atoms with E-state index in [1.165, 1.54) is 0 Å². The van der Waals surface area contributed by atoms with Gasteiger partial charge in [0, 0.05) is 5.69 Å². The summed E-state index contributed by atoms with van der Waals surface area (Å²) in [6.07, 6.45) is 6.32. The van der Waals surface area contributed by atoms with E-state index in [0.29, 0.717) is 0 Å². The zero-order valence-corrected chi connectivity index (χ0v) is 15.0. The van der Waals surface area contributed by atoms with Gasteiger partial charge >= 0.3 is 0 Å². The van der Waals surface area contributed by atoms with Gasteiger partial charge in [0.2, 0.25) is 5.91 Å². The maximum atomic E-state index is 12.9. The molecule has 3 aliphatic rings. The number of aryl methyl sites for hydroxylation is 1. The molecule has 0 bridgehead atoms. The topological polar surface area (TPSA) is 77.0 Å². The van der Waals surface area contributed by atoms with Crippen molar-refractivity contribution in [2.45, 2.75) is 57.3 Å². The lowest BCUT2D eigenvalue weighted by atomic mass is 9.85. The van der Waals surface area contributed by atoms with Crippen LogP contribution in [0.3, 0.4) is 0 Å². The lowest BCUT2D eigenvalue weighted by Gasteiger charge is -2.50. The summed E-state index contributed by atoms with van der Waals surface area (Å²) in [7, 11) is 0. The van der Waals surface area contributed by atoms with Gasteiger partial charge in [-0.1, -0.05) is 38.0 Å². The Morgan fingerprint density at radius 3 is 2.85 bits per heavy atom. The van der Waals surface area contributed by atoms with E-state index in [4.69, 9.17) is 0 Å². The molecule has 2 aliphatic heterocycles. The fourth-order valence-electron chi connectivity index (χ4n) is 4.38. The molecule has 3 atom stereocenters. The van der Waals surface area contributed by atoms with E-state index < -0.39 is 6.17 Å². The molecule has 0 spiro atoms. The van der Waals surface area contributed by atoms with E-state index in [0.717, 1.165) is 43.4 Å². The van der Waals surface area contributed by atoms with Crippen molar-refractivity contribution in [3.05, 3.63) is 29.8 Å². The second-order valence-electron chi connectivity index (χ2n) is 7.17. The van der Waals surface area contributed by atoms with Crippen LogP contribution in [-0.2, 0) is 16.0 Å². The summed E-state index contributed by atoms with van der Waals surface area (Å²) in [5, 5.41) is 7.06. The monoisotopic (exact) mass is 355 g/mol. The molecule has 0 radical (unpaired) electrons. The van der Waals surface area contributed by atoms with Gasteiger partial charge in [-0.05, 0) is 30.9 Å². The highest BCUT2D eigenvalue weighted by atomic mass is 16.2. The molecule has 2 N–H and O–H groups in total. The fraction of sp³-hybridized carbons (Fsp3) is 0.526. The van der Waals surface area contributed by atoms with Crippen LogP contribution in [0.4, 0.5) is 5.69 Å². The minimum atomic E-state index is -0.468. The highest BCUT2D eigenvalue weighted by Gasteiger charge is 2.48. The van der Waals surface area contributed by atoms with Gasteiger partial charge in [-0.2, -0.15) is 5.10 Å². The highest BCUT2D eigenvalue weighted by Crippen LogP contribution is 2.33. The zero-order chi connectivity index (χ0) is 18.1. The van der Waals surface area contributed by atoms with Crippen LogP contribution in [0.2, 0.25) is 0 Å². The number of nitrogens with zero attached hydrogens (tertiary/aromatic N) is 3. The molecule has 7 heteroatoms. The number of piperazine rings is 1.